The lowest BCUT2D eigenvalue weighted by molar-refractivity contribution is -0.113. The van der Waals surface area contributed by atoms with Crippen molar-refractivity contribution in [2.24, 2.45) is 4.99 Å². The molecule has 0 unspecified atom stereocenters. The molecule has 1 heterocycles. The van der Waals surface area contributed by atoms with Crippen molar-refractivity contribution in [1.82, 2.24) is 0 Å². The Bertz CT molecular complexity index is 1230. The minimum atomic E-state index is -0.136. The number of benzene rings is 3. The highest BCUT2D eigenvalue weighted by molar-refractivity contribution is 9.10. The van der Waals surface area contributed by atoms with Crippen LogP contribution < -0.4 is 14.4 Å². The number of carbonyl (C=O) groups excluding carboxylic acids is 1. The normalized spacial score (nSPS) is 15.8. The van der Waals surface area contributed by atoms with Gasteiger partial charge in [0.25, 0.3) is 5.91 Å². The Kier molecular flexibility index (Phi) is 7.32. The minimum Gasteiger partial charge on any atom is -0.493 e. The molecule has 33 heavy (non-hydrogen) atoms. The third-order valence-corrected chi connectivity index (χ3v) is 6.25. The second-order valence-corrected chi connectivity index (χ2v) is 8.81. The largest absolute Gasteiger partial charge is 0.493 e. The first kappa shape index (κ1) is 22.9. The third kappa shape index (κ3) is 5.21. The number of para-hydroxylation sites is 2. The van der Waals surface area contributed by atoms with Gasteiger partial charge in [0.1, 0.15) is 6.61 Å². The van der Waals surface area contributed by atoms with Crippen LogP contribution >= 0.6 is 27.7 Å². The summed E-state index contributed by atoms with van der Waals surface area (Å²) in [5.74, 6) is 1.01. The lowest BCUT2D eigenvalue weighted by Crippen LogP contribution is -2.28. The Morgan fingerprint density at radius 3 is 2.45 bits per heavy atom. The maximum absolute atomic E-state index is 13.4. The minimum absolute atomic E-state index is 0.136. The number of halogens is 1. The van der Waals surface area contributed by atoms with Gasteiger partial charge in [0.05, 0.1) is 27.9 Å². The number of thioether (sulfide) groups is 1. The lowest BCUT2D eigenvalue weighted by atomic mass is 10.1. The maximum Gasteiger partial charge on any atom is 0.271 e. The lowest BCUT2D eigenvalue weighted by Gasteiger charge is -2.15. The molecule has 166 valence electrons. The Morgan fingerprint density at radius 2 is 1.79 bits per heavy atom. The quantitative estimate of drug-likeness (QED) is 0.253. The van der Waals surface area contributed by atoms with E-state index in [1.54, 1.807) is 18.1 Å². The van der Waals surface area contributed by atoms with E-state index in [1.165, 1.54) is 11.8 Å². The standard InChI is InChI=1S/C26H21BrN2O3S/c1-3-14-32-24-21(27)15-18(16-22(24)31-2)17-23-25(30)29(20-12-8-5-9-13-20)26(33-23)28-19-10-6-4-7-11-19/h3-13,15-17H,1,14H2,2H3/b23-17+,28-26?. The third-order valence-electron chi connectivity index (χ3n) is 4.70. The summed E-state index contributed by atoms with van der Waals surface area (Å²) in [4.78, 5) is 20.4. The predicted molar refractivity (Wildman–Crippen MR) is 139 cm³/mol. The van der Waals surface area contributed by atoms with Crippen LogP contribution in [0.25, 0.3) is 6.08 Å². The molecule has 1 amide bonds. The number of amidine groups is 1. The Labute approximate surface area is 205 Å². The van der Waals surface area contributed by atoms with Crippen LogP contribution in [0, 0.1) is 0 Å². The molecule has 3 aromatic rings. The topological polar surface area (TPSA) is 51.1 Å². The molecule has 4 rings (SSSR count). The summed E-state index contributed by atoms with van der Waals surface area (Å²) in [5.41, 5.74) is 2.35. The Hall–Kier alpha value is -3.29. The molecule has 1 saturated heterocycles. The molecule has 0 aromatic heterocycles. The van der Waals surface area contributed by atoms with Crippen molar-refractivity contribution in [1.29, 1.82) is 0 Å². The molecular formula is C26H21BrN2O3S. The van der Waals surface area contributed by atoms with E-state index in [4.69, 9.17) is 14.5 Å². The summed E-state index contributed by atoms with van der Waals surface area (Å²) in [6.45, 7) is 4.03. The highest BCUT2D eigenvalue weighted by Gasteiger charge is 2.34. The number of anilines is 1. The molecule has 1 aliphatic rings. The molecule has 0 radical (unpaired) electrons. The van der Waals surface area contributed by atoms with Crippen LogP contribution in [0.4, 0.5) is 11.4 Å². The summed E-state index contributed by atoms with van der Waals surface area (Å²) in [5, 5.41) is 0.598. The van der Waals surface area contributed by atoms with Crippen molar-refractivity contribution in [3.63, 3.8) is 0 Å². The number of amides is 1. The average molecular weight is 521 g/mol. The highest BCUT2D eigenvalue weighted by Crippen LogP contribution is 2.40. The molecule has 5 nitrogen and oxygen atoms in total. The van der Waals surface area contributed by atoms with Crippen molar-refractivity contribution in [2.75, 3.05) is 18.6 Å². The second-order valence-electron chi connectivity index (χ2n) is 6.95. The molecular weight excluding hydrogens is 500 g/mol. The van der Waals surface area contributed by atoms with Crippen LogP contribution in [-0.4, -0.2) is 24.8 Å². The van der Waals surface area contributed by atoms with Gasteiger partial charge >= 0.3 is 0 Å². The van der Waals surface area contributed by atoms with E-state index in [2.05, 4.69) is 22.5 Å². The van der Waals surface area contributed by atoms with Gasteiger partial charge in [-0.1, -0.05) is 49.1 Å². The van der Waals surface area contributed by atoms with Crippen LogP contribution in [0.1, 0.15) is 5.56 Å². The first-order valence-electron chi connectivity index (χ1n) is 10.1. The van der Waals surface area contributed by atoms with E-state index in [-0.39, 0.29) is 5.91 Å². The smallest absolute Gasteiger partial charge is 0.271 e. The zero-order valence-electron chi connectivity index (χ0n) is 17.9. The van der Waals surface area contributed by atoms with E-state index < -0.39 is 0 Å². The molecule has 3 aromatic carbocycles. The fourth-order valence-electron chi connectivity index (χ4n) is 3.22. The number of methoxy groups -OCH3 is 1. The van der Waals surface area contributed by atoms with Gasteiger partial charge in [-0.3, -0.25) is 9.69 Å². The van der Waals surface area contributed by atoms with Gasteiger partial charge in [-0.25, -0.2) is 4.99 Å². The number of hydrogen-bond donors (Lipinski definition) is 0. The van der Waals surface area contributed by atoms with E-state index in [0.717, 1.165) is 21.4 Å². The molecule has 0 aliphatic carbocycles. The number of ether oxygens (including phenoxy) is 2. The first-order valence-corrected chi connectivity index (χ1v) is 11.8. The summed E-state index contributed by atoms with van der Waals surface area (Å²) < 4.78 is 11.9. The summed E-state index contributed by atoms with van der Waals surface area (Å²) in [6.07, 6.45) is 3.50. The number of carbonyl (C=O) groups is 1. The number of rotatable bonds is 7. The van der Waals surface area contributed by atoms with Crippen LogP contribution in [0.5, 0.6) is 11.5 Å². The Balaban J connectivity index is 1.74. The summed E-state index contributed by atoms with van der Waals surface area (Å²) >= 11 is 4.88. The fraction of sp³-hybridized carbons (Fsp3) is 0.0769. The molecule has 1 aliphatic heterocycles. The van der Waals surface area contributed by atoms with Crippen molar-refractivity contribution in [3.8, 4) is 11.5 Å². The van der Waals surface area contributed by atoms with Gasteiger partial charge in [0, 0.05) is 0 Å². The van der Waals surface area contributed by atoms with Crippen LogP contribution in [0.3, 0.4) is 0 Å². The summed E-state index contributed by atoms with van der Waals surface area (Å²) in [6, 6.07) is 22.8. The van der Waals surface area contributed by atoms with Gasteiger partial charge in [0.2, 0.25) is 0 Å². The monoisotopic (exact) mass is 520 g/mol. The van der Waals surface area contributed by atoms with Crippen molar-refractivity contribution in [2.45, 2.75) is 0 Å². The van der Waals surface area contributed by atoms with Crippen molar-refractivity contribution >= 4 is 56.2 Å². The van der Waals surface area contributed by atoms with Crippen molar-refractivity contribution < 1.29 is 14.3 Å². The van der Waals surface area contributed by atoms with Crippen molar-refractivity contribution in [3.05, 3.63) is 100 Å². The van der Waals surface area contributed by atoms with E-state index in [9.17, 15) is 4.79 Å². The van der Waals surface area contributed by atoms with Gasteiger partial charge in [-0.05, 0) is 75.7 Å². The molecule has 7 heteroatoms. The van der Waals surface area contributed by atoms with E-state index in [1.807, 2.05) is 78.9 Å². The van der Waals surface area contributed by atoms with E-state index in [0.29, 0.717) is 28.2 Å². The van der Waals surface area contributed by atoms with E-state index >= 15 is 0 Å². The van der Waals surface area contributed by atoms with Crippen LogP contribution in [0.15, 0.2) is 99.8 Å². The molecule has 1 fully saturated rings. The highest BCUT2D eigenvalue weighted by atomic mass is 79.9. The van der Waals surface area contributed by atoms with Gasteiger partial charge in [-0.2, -0.15) is 0 Å². The first-order chi connectivity index (χ1) is 16.1. The maximum atomic E-state index is 13.4. The number of aliphatic imine (C=N–C) groups is 1. The number of hydrogen-bond acceptors (Lipinski definition) is 5. The Morgan fingerprint density at radius 1 is 1.09 bits per heavy atom. The van der Waals surface area contributed by atoms with Crippen LogP contribution in [0.2, 0.25) is 0 Å². The molecule has 0 spiro atoms. The molecule has 0 saturated carbocycles. The zero-order valence-corrected chi connectivity index (χ0v) is 20.3. The molecule has 0 atom stereocenters. The SMILES string of the molecule is C=CCOc1c(Br)cc(/C=C2/SC(=Nc3ccccc3)N(c3ccccc3)C2=O)cc1OC. The number of nitrogens with zero attached hydrogens (tertiary/aromatic N) is 2. The average Bonchev–Trinajstić information content (AvgIpc) is 3.13. The van der Waals surface area contributed by atoms with Crippen LogP contribution in [-0.2, 0) is 4.79 Å². The van der Waals surface area contributed by atoms with Gasteiger partial charge in [-0.15, -0.1) is 0 Å². The van der Waals surface area contributed by atoms with Gasteiger partial charge < -0.3 is 9.47 Å². The predicted octanol–water partition coefficient (Wildman–Crippen LogP) is 6.83. The fourth-order valence-corrected chi connectivity index (χ4v) is 4.80. The molecule has 0 N–H and O–H groups in total. The second kappa shape index (κ2) is 10.6. The zero-order chi connectivity index (χ0) is 23.2. The molecule has 0 bridgehead atoms. The van der Waals surface area contributed by atoms with Gasteiger partial charge in [0.15, 0.2) is 16.7 Å². The summed E-state index contributed by atoms with van der Waals surface area (Å²) in [7, 11) is 1.58.